The first-order valence-electron chi connectivity index (χ1n) is 5.67. The molecule has 1 heterocycles. The fourth-order valence-electron chi connectivity index (χ4n) is 1.96. The molecule has 0 saturated carbocycles. The maximum atomic E-state index is 10.4. The van der Waals surface area contributed by atoms with Gasteiger partial charge in [-0.25, -0.2) is 0 Å². The van der Waals surface area contributed by atoms with Gasteiger partial charge in [-0.05, 0) is 25.0 Å². The summed E-state index contributed by atoms with van der Waals surface area (Å²) in [5, 5.41) is 12.8. The van der Waals surface area contributed by atoms with Crippen LogP contribution in [0, 0.1) is 0 Å². The Hall–Kier alpha value is -1.81. The van der Waals surface area contributed by atoms with Crippen LogP contribution >= 0.6 is 0 Å². The third-order valence-corrected chi connectivity index (χ3v) is 2.80. The molecule has 4 nitrogen and oxygen atoms in total. The zero-order valence-electron chi connectivity index (χ0n) is 9.73. The Morgan fingerprint density at radius 2 is 2.24 bits per heavy atom. The van der Waals surface area contributed by atoms with Crippen LogP contribution in [0.2, 0.25) is 0 Å². The number of carboxylic acids is 1. The fraction of sp³-hybridized carbons (Fsp3) is 0.308. The standard InChI is InChI=1S/C13H16N2O2/c1-9(14-8-13(16)17)6-10-7-15-12-5-3-2-4-11(10)12/h2-5,7,9,14-15H,6,8H2,1H3,(H,16,17). The molecule has 0 aliphatic rings. The van der Waals surface area contributed by atoms with Crippen molar-refractivity contribution in [2.45, 2.75) is 19.4 Å². The lowest BCUT2D eigenvalue weighted by atomic mass is 10.1. The number of carbonyl (C=O) groups is 1. The third kappa shape index (κ3) is 2.85. The summed E-state index contributed by atoms with van der Waals surface area (Å²) in [6.07, 6.45) is 2.81. The SMILES string of the molecule is CC(Cc1c[nH]c2ccccc12)NCC(=O)O. The molecule has 1 atom stereocenters. The van der Waals surface area contributed by atoms with Crippen molar-refractivity contribution in [2.75, 3.05) is 6.54 Å². The Morgan fingerprint density at radius 1 is 1.47 bits per heavy atom. The van der Waals surface area contributed by atoms with Gasteiger partial charge in [-0.2, -0.15) is 0 Å². The summed E-state index contributed by atoms with van der Waals surface area (Å²) in [7, 11) is 0. The molecule has 2 aromatic rings. The van der Waals surface area contributed by atoms with Gasteiger partial charge < -0.3 is 15.4 Å². The van der Waals surface area contributed by atoms with E-state index in [2.05, 4.69) is 16.4 Å². The summed E-state index contributed by atoms with van der Waals surface area (Å²) in [6, 6.07) is 8.26. The predicted molar refractivity (Wildman–Crippen MR) is 67.1 cm³/mol. The van der Waals surface area contributed by atoms with E-state index in [4.69, 9.17) is 5.11 Å². The summed E-state index contributed by atoms with van der Waals surface area (Å²) < 4.78 is 0. The van der Waals surface area contributed by atoms with Crippen LogP contribution in [-0.4, -0.2) is 28.6 Å². The Kier molecular flexibility index (Phi) is 3.44. The van der Waals surface area contributed by atoms with E-state index in [1.165, 1.54) is 10.9 Å². The van der Waals surface area contributed by atoms with Gasteiger partial charge in [0.25, 0.3) is 0 Å². The predicted octanol–water partition coefficient (Wildman–Crippen LogP) is 1.77. The average molecular weight is 232 g/mol. The maximum Gasteiger partial charge on any atom is 0.317 e. The highest BCUT2D eigenvalue weighted by atomic mass is 16.4. The minimum absolute atomic E-state index is 0.00349. The first kappa shape index (κ1) is 11.7. The van der Waals surface area contributed by atoms with Crippen molar-refractivity contribution in [3.63, 3.8) is 0 Å². The van der Waals surface area contributed by atoms with Gasteiger partial charge in [0.15, 0.2) is 0 Å². The lowest BCUT2D eigenvalue weighted by Crippen LogP contribution is -2.32. The topological polar surface area (TPSA) is 65.1 Å². The summed E-state index contributed by atoms with van der Waals surface area (Å²) in [5.74, 6) is -0.823. The average Bonchev–Trinajstić information content (AvgIpc) is 2.70. The Balaban J connectivity index is 2.05. The van der Waals surface area contributed by atoms with Crippen LogP contribution in [0.15, 0.2) is 30.5 Å². The molecule has 0 spiro atoms. The van der Waals surface area contributed by atoms with E-state index in [9.17, 15) is 4.79 Å². The van der Waals surface area contributed by atoms with Gasteiger partial charge in [-0.1, -0.05) is 18.2 Å². The summed E-state index contributed by atoms with van der Waals surface area (Å²) in [4.78, 5) is 13.7. The Bertz CT molecular complexity index is 519. The number of para-hydroxylation sites is 1. The van der Waals surface area contributed by atoms with Crippen LogP contribution < -0.4 is 5.32 Å². The van der Waals surface area contributed by atoms with E-state index in [0.717, 1.165) is 11.9 Å². The minimum Gasteiger partial charge on any atom is -0.480 e. The van der Waals surface area contributed by atoms with E-state index < -0.39 is 5.97 Å². The van der Waals surface area contributed by atoms with Gasteiger partial charge in [0.05, 0.1) is 6.54 Å². The molecule has 0 fully saturated rings. The fourth-order valence-corrected chi connectivity index (χ4v) is 1.96. The number of nitrogens with one attached hydrogen (secondary N) is 2. The largest absolute Gasteiger partial charge is 0.480 e. The van der Waals surface area contributed by atoms with Crippen molar-refractivity contribution < 1.29 is 9.90 Å². The normalized spacial score (nSPS) is 12.8. The lowest BCUT2D eigenvalue weighted by Gasteiger charge is -2.11. The number of benzene rings is 1. The number of carboxylic acid groups (broad SMARTS) is 1. The zero-order chi connectivity index (χ0) is 12.3. The molecule has 4 heteroatoms. The molecule has 90 valence electrons. The van der Waals surface area contributed by atoms with E-state index in [0.29, 0.717) is 0 Å². The lowest BCUT2D eigenvalue weighted by molar-refractivity contribution is -0.136. The van der Waals surface area contributed by atoms with Gasteiger partial charge in [-0.3, -0.25) is 4.79 Å². The van der Waals surface area contributed by atoms with Crippen molar-refractivity contribution in [3.8, 4) is 0 Å². The Morgan fingerprint density at radius 3 is 3.00 bits per heavy atom. The number of aliphatic carboxylic acids is 1. The highest BCUT2D eigenvalue weighted by molar-refractivity contribution is 5.83. The van der Waals surface area contributed by atoms with E-state index in [-0.39, 0.29) is 12.6 Å². The number of hydrogen-bond acceptors (Lipinski definition) is 2. The molecule has 17 heavy (non-hydrogen) atoms. The quantitative estimate of drug-likeness (QED) is 0.736. The second-order valence-electron chi connectivity index (χ2n) is 4.24. The molecule has 0 aliphatic heterocycles. The van der Waals surface area contributed by atoms with Crippen molar-refractivity contribution in [1.82, 2.24) is 10.3 Å². The molecule has 1 aromatic heterocycles. The van der Waals surface area contributed by atoms with Crippen LogP contribution in [0.4, 0.5) is 0 Å². The highest BCUT2D eigenvalue weighted by Crippen LogP contribution is 2.18. The molecule has 0 aliphatic carbocycles. The van der Waals surface area contributed by atoms with Crippen LogP contribution in [0.3, 0.4) is 0 Å². The van der Waals surface area contributed by atoms with E-state index in [1.807, 2.05) is 31.3 Å². The molecule has 2 rings (SSSR count). The number of aromatic nitrogens is 1. The first-order chi connectivity index (χ1) is 8.16. The second kappa shape index (κ2) is 5.01. The molecule has 0 amide bonds. The monoisotopic (exact) mass is 232 g/mol. The Labute approximate surface area is 99.7 Å². The van der Waals surface area contributed by atoms with E-state index in [1.54, 1.807) is 0 Å². The highest BCUT2D eigenvalue weighted by Gasteiger charge is 2.08. The van der Waals surface area contributed by atoms with Crippen molar-refractivity contribution in [1.29, 1.82) is 0 Å². The molecule has 3 N–H and O–H groups in total. The smallest absolute Gasteiger partial charge is 0.317 e. The maximum absolute atomic E-state index is 10.4. The summed E-state index contributed by atoms with van der Waals surface area (Å²) in [6.45, 7) is 1.99. The summed E-state index contributed by atoms with van der Waals surface area (Å²) >= 11 is 0. The number of hydrogen-bond donors (Lipinski definition) is 3. The first-order valence-corrected chi connectivity index (χ1v) is 5.67. The number of H-pyrrole nitrogens is 1. The van der Waals surface area contributed by atoms with Gasteiger partial charge >= 0.3 is 5.97 Å². The second-order valence-corrected chi connectivity index (χ2v) is 4.24. The van der Waals surface area contributed by atoms with Crippen LogP contribution in [0.1, 0.15) is 12.5 Å². The van der Waals surface area contributed by atoms with Crippen LogP contribution in [0.25, 0.3) is 10.9 Å². The van der Waals surface area contributed by atoms with Crippen molar-refractivity contribution in [2.24, 2.45) is 0 Å². The van der Waals surface area contributed by atoms with Gasteiger partial charge in [0.1, 0.15) is 0 Å². The molecular weight excluding hydrogens is 216 g/mol. The minimum atomic E-state index is -0.823. The van der Waals surface area contributed by atoms with Crippen molar-refractivity contribution >= 4 is 16.9 Å². The molecule has 0 saturated heterocycles. The van der Waals surface area contributed by atoms with Crippen molar-refractivity contribution in [3.05, 3.63) is 36.0 Å². The molecule has 1 unspecified atom stereocenters. The number of rotatable bonds is 5. The number of fused-ring (bicyclic) bond motifs is 1. The molecule has 1 aromatic carbocycles. The molecular formula is C13H16N2O2. The van der Waals surface area contributed by atoms with Gasteiger partial charge in [0, 0.05) is 23.1 Å². The summed E-state index contributed by atoms with van der Waals surface area (Å²) in [5.41, 5.74) is 2.33. The van der Waals surface area contributed by atoms with Crippen LogP contribution in [-0.2, 0) is 11.2 Å². The third-order valence-electron chi connectivity index (χ3n) is 2.80. The number of aromatic amines is 1. The van der Waals surface area contributed by atoms with Gasteiger partial charge in [-0.15, -0.1) is 0 Å². The molecule has 0 radical (unpaired) electrons. The van der Waals surface area contributed by atoms with Crippen LogP contribution in [0.5, 0.6) is 0 Å². The van der Waals surface area contributed by atoms with Gasteiger partial charge in [0.2, 0.25) is 0 Å². The molecule has 0 bridgehead atoms. The zero-order valence-corrected chi connectivity index (χ0v) is 9.73. The van der Waals surface area contributed by atoms with E-state index >= 15 is 0 Å².